The number of nitriles is 1. The monoisotopic (exact) mass is 502 g/mol. The molecule has 0 saturated carbocycles. The van der Waals surface area contributed by atoms with E-state index in [2.05, 4.69) is 22.4 Å². The second kappa shape index (κ2) is 16.3. The predicted octanol–water partition coefficient (Wildman–Crippen LogP) is 1.97. The van der Waals surface area contributed by atoms with Crippen LogP contribution >= 0.6 is 0 Å². The van der Waals surface area contributed by atoms with Gasteiger partial charge in [0.1, 0.15) is 12.2 Å². The minimum Gasteiger partial charge on any atom is -0.382 e. The fourth-order valence-electron chi connectivity index (χ4n) is 4.79. The topological polar surface area (TPSA) is 115 Å². The average Bonchev–Trinajstić information content (AvgIpc) is 3.39. The minimum atomic E-state index is -1.42. The molecule has 2 fully saturated rings. The molecule has 2 aliphatic heterocycles. The first-order chi connectivity index (χ1) is 17.5. The van der Waals surface area contributed by atoms with Gasteiger partial charge in [0, 0.05) is 32.8 Å². The predicted molar refractivity (Wildman–Crippen MR) is 139 cm³/mol. The molecule has 2 N–H and O–H groups in total. The number of piperidine rings is 1. The summed E-state index contributed by atoms with van der Waals surface area (Å²) in [6.45, 7) is 8.82. The van der Waals surface area contributed by atoms with Gasteiger partial charge in [0.05, 0.1) is 23.9 Å². The Morgan fingerprint density at radius 2 is 1.94 bits per heavy atom. The van der Waals surface area contributed by atoms with Crippen molar-refractivity contribution >= 4 is 17.9 Å². The van der Waals surface area contributed by atoms with Crippen LogP contribution in [0.4, 0.5) is 5.69 Å². The molecule has 3 atom stereocenters. The van der Waals surface area contributed by atoms with E-state index < -0.39 is 12.2 Å². The number of hydrogen-bond donors (Lipinski definition) is 2. The quantitative estimate of drug-likeness (QED) is 0.442. The standard InChI is InChI=1S/C14H19N3.C13H23NO5/c1-16-11-12-6-8-17(9-7-12)14-5-3-2-4-13(14)10-15;1-3-18-9-10-6-5-7-14(10)13(17)12(19-4-2)11(16)8-15/h2-5,12,16H,6-9,11H2,1H3;8,10-12,16H,3-7,9H2,1-2H3/t;10-,11+,12-/m.1/s1. The number of aldehydes is 1. The molecule has 1 aromatic carbocycles. The number of hydrogen-bond acceptors (Lipinski definition) is 8. The van der Waals surface area contributed by atoms with Gasteiger partial charge in [-0.3, -0.25) is 4.79 Å². The van der Waals surface area contributed by atoms with E-state index in [4.69, 9.17) is 14.7 Å². The molecule has 0 aromatic heterocycles. The van der Waals surface area contributed by atoms with Crippen LogP contribution in [0.25, 0.3) is 0 Å². The molecule has 36 heavy (non-hydrogen) atoms. The van der Waals surface area contributed by atoms with Crippen LogP contribution in [0.2, 0.25) is 0 Å². The van der Waals surface area contributed by atoms with Crippen LogP contribution in [0.1, 0.15) is 45.1 Å². The molecule has 0 radical (unpaired) electrons. The van der Waals surface area contributed by atoms with Crippen molar-refractivity contribution in [1.29, 1.82) is 5.26 Å². The highest BCUT2D eigenvalue weighted by atomic mass is 16.5. The number of aliphatic hydroxyl groups is 1. The molecule has 0 aliphatic carbocycles. The number of anilines is 1. The van der Waals surface area contributed by atoms with Gasteiger partial charge < -0.3 is 34.5 Å². The summed E-state index contributed by atoms with van der Waals surface area (Å²) < 4.78 is 10.6. The van der Waals surface area contributed by atoms with Gasteiger partial charge in [-0.05, 0) is 71.2 Å². The summed E-state index contributed by atoms with van der Waals surface area (Å²) in [6.07, 6.45) is 2.01. The molecule has 3 rings (SSSR count). The number of benzene rings is 1. The SMILES string of the molecule is CCOC[C@H]1CCCN1C(=O)[C@H](OCC)[C@@H](O)C=O.CNCC1CCN(c2ccccc2C#N)CC1. The van der Waals surface area contributed by atoms with Crippen molar-refractivity contribution in [3.8, 4) is 6.07 Å². The number of amides is 1. The Bertz CT molecular complexity index is 838. The van der Waals surface area contributed by atoms with E-state index in [1.54, 1.807) is 11.8 Å². The molecule has 1 aromatic rings. The Balaban J connectivity index is 0.000000255. The molecule has 2 aliphatic rings. The number of carbonyl (C=O) groups excluding carboxylic acids is 2. The lowest BCUT2D eigenvalue weighted by Crippen LogP contribution is -2.49. The number of aliphatic hydroxyl groups excluding tert-OH is 1. The number of nitrogens with zero attached hydrogens (tertiary/aromatic N) is 3. The van der Waals surface area contributed by atoms with Gasteiger partial charge in [-0.25, -0.2) is 0 Å². The zero-order valence-corrected chi connectivity index (χ0v) is 21.9. The number of para-hydroxylation sites is 1. The van der Waals surface area contributed by atoms with E-state index in [1.165, 1.54) is 12.8 Å². The summed E-state index contributed by atoms with van der Waals surface area (Å²) >= 11 is 0. The molecule has 2 heterocycles. The number of nitrogens with one attached hydrogen (secondary N) is 1. The third-order valence-electron chi connectivity index (χ3n) is 6.69. The first-order valence-electron chi connectivity index (χ1n) is 13.0. The molecule has 0 spiro atoms. The summed E-state index contributed by atoms with van der Waals surface area (Å²) in [5, 5.41) is 21.9. The first-order valence-corrected chi connectivity index (χ1v) is 13.0. The molecule has 2 saturated heterocycles. The van der Waals surface area contributed by atoms with E-state index in [9.17, 15) is 14.7 Å². The maximum atomic E-state index is 12.3. The lowest BCUT2D eigenvalue weighted by atomic mass is 9.96. The van der Waals surface area contributed by atoms with Crippen LogP contribution in [0, 0.1) is 17.2 Å². The molecule has 9 heteroatoms. The number of likely N-dealkylation sites (tertiary alicyclic amines) is 1. The second-order valence-corrected chi connectivity index (χ2v) is 9.11. The van der Waals surface area contributed by atoms with Crippen LogP contribution in [0.5, 0.6) is 0 Å². The van der Waals surface area contributed by atoms with Gasteiger partial charge in [-0.1, -0.05) is 12.1 Å². The van der Waals surface area contributed by atoms with Crippen molar-refractivity contribution < 1.29 is 24.2 Å². The molecular weight excluding hydrogens is 460 g/mol. The van der Waals surface area contributed by atoms with Crippen LogP contribution in [-0.4, -0.2) is 93.5 Å². The Kier molecular flexibility index (Phi) is 13.4. The van der Waals surface area contributed by atoms with Gasteiger partial charge in [-0.15, -0.1) is 0 Å². The van der Waals surface area contributed by atoms with E-state index >= 15 is 0 Å². The Hall–Kier alpha value is -2.51. The molecule has 0 bridgehead atoms. The number of carbonyl (C=O) groups is 2. The summed E-state index contributed by atoms with van der Waals surface area (Å²) in [5.41, 5.74) is 1.89. The number of rotatable bonds is 11. The highest BCUT2D eigenvalue weighted by Gasteiger charge is 2.36. The fourth-order valence-corrected chi connectivity index (χ4v) is 4.79. The van der Waals surface area contributed by atoms with Crippen molar-refractivity contribution in [3.63, 3.8) is 0 Å². The summed E-state index contributed by atoms with van der Waals surface area (Å²) in [7, 11) is 2.01. The Morgan fingerprint density at radius 3 is 2.56 bits per heavy atom. The Morgan fingerprint density at radius 1 is 1.22 bits per heavy atom. The first kappa shape index (κ1) is 29.7. The highest BCUT2D eigenvalue weighted by molar-refractivity contribution is 5.85. The Labute approximate surface area is 215 Å². The fraction of sp³-hybridized carbons (Fsp3) is 0.667. The zero-order valence-electron chi connectivity index (χ0n) is 21.9. The largest absolute Gasteiger partial charge is 0.382 e. The van der Waals surface area contributed by atoms with Crippen LogP contribution in [-0.2, 0) is 19.1 Å². The van der Waals surface area contributed by atoms with Crippen LogP contribution < -0.4 is 10.2 Å². The van der Waals surface area contributed by atoms with E-state index in [0.717, 1.165) is 49.6 Å². The van der Waals surface area contributed by atoms with Crippen molar-refractivity contribution in [2.75, 3.05) is 57.9 Å². The van der Waals surface area contributed by atoms with Gasteiger partial charge in [0.25, 0.3) is 5.91 Å². The third-order valence-corrected chi connectivity index (χ3v) is 6.69. The lowest BCUT2D eigenvalue weighted by Gasteiger charge is -2.34. The van der Waals surface area contributed by atoms with Crippen molar-refractivity contribution in [2.45, 2.75) is 57.8 Å². The molecular formula is C27H42N4O5. The van der Waals surface area contributed by atoms with Crippen molar-refractivity contribution in [2.24, 2.45) is 5.92 Å². The smallest absolute Gasteiger partial charge is 0.255 e. The third kappa shape index (κ3) is 8.56. The van der Waals surface area contributed by atoms with Crippen LogP contribution in [0.15, 0.2) is 24.3 Å². The van der Waals surface area contributed by atoms with Crippen molar-refractivity contribution in [1.82, 2.24) is 10.2 Å². The second-order valence-electron chi connectivity index (χ2n) is 9.11. The van der Waals surface area contributed by atoms with Gasteiger partial charge in [0.15, 0.2) is 12.4 Å². The maximum absolute atomic E-state index is 12.3. The lowest BCUT2D eigenvalue weighted by molar-refractivity contribution is -0.155. The van der Waals surface area contributed by atoms with E-state index in [-0.39, 0.29) is 18.6 Å². The molecule has 200 valence electrons. The minimum absolute atomic E-state index is 0.00857. The number of ether oxygens (including phenoxy) is 2. The van der Waals surface area contributed by atoms with Gasteiger partial charge in [-0.2, -0.15) is 5.26 Å². The molecule has 9 nitrogen and oxygen atoms in total. The normalized spacial score (nSPS) is 19.7. The van der Waals surface area contributed by atoms with Gasteiger partial charge >= 0.3 is 0 Å². The van der Waals surface area contributed by atoms with Crippen molar-refractivity contribution in [3.05, 3.63) is 29.8 Å². The van der Waals surface area contributed by atoms with Crippen LogP contribution in [0.3, 0.4) is 0 Å². The highest BCUT2D eigenvalue weighted by Crippen LogP contribution is 2.25. The van der Waals surface area contributed by atoms with E-state index in [0.29, 0.717) is 26.0 Å². The summed E-state index contributed by atoms with van der Waals surface area (Å²) in [6, 6.07) is 10.2. The van der Waals surface area contributed by atoms with E-state index in [1.807, 2.05) is 32.2 Å². The zero-order chi connectivity index (χ0) is 26.3. The molecule has 0 unspecified atom stereocenters. The summed E-state index contributed by atoms with van der Waals surface area (Å²) in [4.78, 5) is 27.0. The summed E-state index contributed by atoms with van der Waals surface area (Å²) in [5.74, 6) is 0.453. The average molecular weight is 503 g/mol. The maximum Gasteiger partial charge on any atom is 0.255 e. The van der Waals surface area contributed by atoms with Gasteiger partial charge in [0.2, 0.25) is 0 Å². The molecule has 1 amide bonds.